The van der Waals surface area contributed by atoms with Crippen LogP contribution in [0, 0.1) is 11.6 Å². The van der Waals surface area contributed by atoms with Crippen molar-refractivity contribution in [2.75, 3.05) is 39.3 Å². The third-order valence-electron chi connectivity index (χ3n) is 3.51. The standard InChI is InChI=1S/C14H19F2N3O/c15-11-3-1-4-12(16)13(11)14(20)19-9-7-18(8-10-19)6-2-5-17/h1,3-4H,2,5-10,17H2. The molecule has 6 heteroatoms. The molecule has 1 aromatic rings. The average Bonchev–Trinajstić information content (AvgIpc) is 2.45. The highest BCUT2D eigenvalue weighted by Crippen LogP contribution is 2.16. The molecule has 1 aliphatic heterocycles. The van der Waals surface area contributed by atoms with Gasteiger partial charge < -0.3 is 10.6 Å². The fourth-order valence-electron chi connectivity index (χ4n) is 2.35. The summed E-state index contributed by atoms with van der Waals surface area (Å²) < 4.78 is 27.2. The highest BCUT2D eigenvalue weighted by atomic mass is 19.1. The monoisotopic (exact) mass is 283 g/mol. The van der Waals surface area contributed by atoms with Crippen LogP contribution in [0.5, 0.6) is 0 Å². The van der Waals surface area contributed by atoms with Crippen LogP contribution >= 0.6 is 0 Å². The summed E-state index contributed by atoms with van der Waals surface area (Å²) in [6.07, 6.45) is 0.913. The largest absolute Gasteiger partial charge is 0.336 e. The van der Waals surface area contributed by atoms with Gasteiger partial charge in [0.1, 0.15) is 17.2 Å². The molecule has 1 heterocycles. The first-order valence-electron chi connectivity index (χ1n) is 6.79. The molecule has 4 nitrogen and oxygen atoms in total. The smallest absolute Gasteiger partial charge is 0.259 e. The highest BCUT2D eigenvalue weighted by Gasteiger charge is 2.26. The third-order valence-corrected chi connectivity index (χ3v) is 3.51. The quantitative estimate of drug-likeness (QED) is 0.899. The molecule has 0 unspecified atom stereocenters. The Balaban J connectivity index is 1.98. The fourth-order valence-corrected chi connectivity index (χ4v) is 2.35. The molecular weight excluding hydrogens is 264 g/mol. The van der Waals surface area contributed by atoms with Crippen LogP contribution in [0.4, 0.5) is 8.78 Å². The molecule has 110 valence electrons. The van der Waals surface area contributed by atoms with E-state index in [2.05, 4.69) is 4.90 Å². The van der Waals surface area contributed by atoms with Crippen LogP contribution in [0.15, 0.2) is 18.2 Å². The Kier molecular flexibility index (Phi) is 5.03. The number of carbonyl (C=O) groups is 1. The molecule has 0 saturated carbocycles. The second-order valence-corrected chi connectivity index (χ2v) is 4.87. The Labute approximate surface area is 117 Å². The van der Waals surface area contributed by atoms with E-state index in [0.717, 1.165) is 25.1 Å². The number of hydrogen-bond donors (Lipinski definition) is 1. The van der Waals surface area contributed by atoms with Crippen LogP contribution in [0.2, 0.25) is 0 Å². The Morgan fingerprint density at radius 2 is 1.75 bits per heavy atom. The van der Waals surface area contributed by atoms with E-state index in [-0.39, 0.29) is 0 Å². The van der Waals surface area contributed by atoms with Gasteiger partial charge in [-0.3, -0.25) is 9.69 Å². The SMILES string of the molecule is NCCCN1CCN(C(=O)c2c(F)cccc2F)CC1. The van der Waals surface area contributed by atoms with Gasteiger partial charge in [-0.2, -0.15) is 0 Å². The van der Waals surface area contributed by atoms with Gasteiger partial charge >= 0.3 is 0 Å². The molecule has 1 saturated heterocycles. The summed E-state index contributed by atoms with van der Waals surface area (Å²) >= 11 is 0. The molecule has 1 amide bonds. The first kappa shape index (κ1) is 14.9. The molecule has 1 aliphatic rings. The number of carbonyl (C=O) groups excluding carboxylic acids is 1. The Morgan fingerprint density at radius 3 is 2.30 bits per heavy atom. The first-order valence-corrected chi connectivity index (χ1v) is 6.79. The number of nitrogens with zero attached hydrogens (tertiary/aromatic N) is 2. The van der Waals surface area contributed by atoms with Crippen LogP contribution in [-0.2, 0) is 0 Å². The molecule has 20 heavy (non-hydrogen) atoms. The van der Waals surface area contributed by atoms with Crippen molar-refractivity contribution in [2.45, 2.75) is 6.42 Å². The zero-order valence-corrected chi connectivity index (χ0v) is 11.3. The van der Waals surface area contributed by atoms with Crippen molar-refractivity contribution in [3.63, 3.8) is 0 Å². The summed E-state index contributed by atoms with van der Waals surface area (Å²) in [5.41, 5.74) is 5.00. The summed E-state index contributed by atoms with van der Waals surface area (Å²) in [5, 5.41) is 0. The average molecular weight is 283 g/mol. The summed E-state index contributed by atoms with van der Waals surface area (Å²) in [7, 11) is 0. The van der Waals surface area contributed by atoms with Gasteiger partial charge in [0.25, 0.3) is 5.91 Å². The van der Waals surface area contributed by atoms with E-state index in [1.54, 1.807) is 0 Å². The summed E-state index contributed by atoms with van der Waals surface area (Å²) in [6.45, 7) is 3.92. The van der Waals surface area contributed by atoms with Crippen molar-refractivity contribution < 1.29 is 13.6 Å². The second-order valence-electron chi connectivity index (χ2n) is 4.87. The maximum Gasteiger partial charge on any atom is 0.259 e. The Bertz CT molecular complexity index is 453. The van der Waals surface area contributed by atoms with Gasteiger partial charge in [0.05, 0.1) is 0 Å². The zero-order valence-electron chi connectivity index (χ0n) is 11.3. The van der Waals surface area contributed by atoms with Gasteiger partial charge in [0.2, 0.25) is 0 Å². The lowest BCUT2D eigenvalue weighted by Gasteiger charge is -2.34. The van der Waals surface area contributed by atoms with Crippen LogP contribution in [-0.4, -0.2) is 55.0 Å². The van der Waals surface area contributed by atoms with E-state index >= 15 is 0 Å². The maximum atomic E-state index is 13.6. The van der Waals surface area contributed by atoms with Crippen molar-refractivity contribution in [1.29, 1.82) is 0 Å². The number of rotatable bonds is 4. The number of hydrogen-bond acceptors (Lipinski definition) is 3. The van der Waals surface area contributed by atoms with Gasteiger partial charge in [-0.15, -0.1) is 0 Å². The van der Waals surface area contributed by atoms with Crippen LogP contribution in [0.1, 0.15) is 16.8 Å². The van der Waals surface area contributed by atoms with Gasteiger partial charge in [-0.25, -0.2) is 8.78 Å². The van der Waals surface area contributed by atoms with Crippen LogP contribution < -0.4 is 5.73 Å². The van der Waals surface area contributed by atoms with E-state index in [9.17, 15) is 13.6 Å². The Hall–Kier alpha value is -1.53. The summed E-state index contributed by atoms with van der Waals surface area (Å²) in [5.74, 6) is -2.18. The number of halogens is 2. The minimum atomic E-state index is -0.805. The van der Waals surface area contributed by atoms with Crippen molar-refractivity contribution >= 4 is 5.91 Å². The molecule has 0 aromatic heterocycles. The molecule has 1 fully saturated rings. The normalized spacial score (nSPS) is 16.4. The van der Waals surface area contributed by atoms with Crippen LogP contribution in [0.3, 0.4) is 0 Å². The Morgan fingerprint density at radius 1 is 1.15 bits per heavy atom. The summed E-state index contributed by atoms with van der Waals surface area (Å²) in [6, 6.07) is 3.47. The molecule has 0 aliphatic carbocycles. The van der Waals surface area contributed by atoms with E-state index < -0.39 is 23.1 Å². The number of piperazine rings is 1. The molecular formula is C14H19F2N3O. The molecule has 2 N–H and O–H groups in total. The maximum absolute atomic E-state index is 13.6. The zero-order chi connectivity index (χ0) is 14.5. The van der Waals surface area contributed by atoms with Crippen LogP contribution in [0.25, 0.3) is 0 Å². The van der Waals surface area contributed by atoms with Gasteiger partial charge in [-0.1, -0.05) is 6.07 Å². The van der Waals surface area contributed by atoms with E-state index in [0.29, 0.717) is 32.7 Å². The molecule has 0 spiro atoms. The molecule has 2 rings (SSSR count). The van der Waals surface area contributed by atoms with Gasteiger partial charge in [0.15, 0.2) is 0 Å². The predicted octanol–water partition coefficient (Wildman–Crippen LogP) is 1.07. The lowest BCUT2D eigenvalue weighted by Crippen LogP contribution is -2.49. The second kappa shape index (κ2) is 6.76. The fraction of sp³-hybridized carbons (Fsp3) is 0.500. The van der Waals surface area contributed by atoms with E-state index in [4.69, 9.17) is 5.73 Å². The highest BCUT2D eigenvalue weighted by molar-refractivity contribution is 5.94. The van der Waals surface area contributed by atoms with Crippen molar-refractivity contribution in [2.24, 2.45) is 5.73 Å². The van der Waals surface area contributed by atoms with Crippen molar-refractivity contribution in [1.82, 2.24) is 9.80 Å². The predicted molar refractivity (Wildman–Crippen MR) is 72.4 cm³/mol. The lowest BCUT2D eigenvalue weighted by molar-refractivity contribution is 0.0627. The first-order chi connectivity index (χ1) is 9.63. The van der Waals surface area contributed by atoms with Gasteiger partial charge in [0, 0.05) is 26.2 Å². The minimum absolute atomic E-state index is 0.456. The lowest BCUT2D eigenvalue weighted by atomic mass is 10.1. The minimum Gasteiger partial charge on any atom is -0.336 e. The molecule has 0 atom stereocenters. The van der Waals surface area contributed by atoms with Gasteiger partial charge in [-0.05, 0) is 31.6 Å². The van der Waals surface area contributed by atoms with E-state index in [1.807, 2.05) is 0 Å². The molecule has 1 aromatic carbocycles. The summed E-state index contributed by atoms with van der Waals surface area (Å²) in [4.78, 5) is 15.9. The molecule has 0 bridgehead atoms. The van der Waals surface area contributed by atoms with Crippen molar-refractivity contribution in [3.05, 3.63) is 35.4 Å². The van der Waals surface area contributed by atoms with Crippen molar-refractivity contribution in [3.8, 4) is 0 Å². The number of benzene rings is 1. The molecule has 0 radical (unpaired) electrons. The van der Waals surface area contributed by atoms with E-state index in [1.165, 1.54) is 11.0 Å². The topological polar surface area (TPSA) is 49.6 Å². The number of nitrogens with two attached hydrogens (primary N) is 1. The third kappa shape index (κ3) is 3.32. The number of amides is 1.